The monoisotopic (exact) mass is 169 g/mol. The van der Waals surface area contributed by atoms with Crippen molar-refractivity contribution in [1.29, 1.82) is 0 Å². The highest BCUT2D eigenvalue weighted by Crippen LogP contribution is 2.55. The molecule has 3 aliphatic carbocycles. The van der Waals surface area contributed by atoms with Crippen LogP contribution in [0.2, 0.25) is 0 Å². The molecule has 0 saturated heterocycles. The average Bonchev–Trinajstić information content (AvgIpc) is 2.56. The van der Waals surface area contributed by atoms with E-state index in [0.717, 1.165) is 0 Å². The first-order valence-electron chi connectivity index (χ1n) is 5.11. The third-order valence-electron chi connectivity index (χ3n) is 3.13. The lowest BCUT2D eigenvalue weighted by atomic mass is 9.77. The lowest BCUT2D eigenvalue weighted by Gasteiger charge is -2.27. The first-order valence-corrected chi connectivity index (χ1v) is 5.11. The normalized spacial score (nSPS) is 30.8. The van der Waals surface area contributed by atoms with Crippen molar-refractivity contribution in [2.45, 2.75) is 25.7 Å². The van der Waals surface area contributed by atoms with Gasteiger partial charge in [0, 0.05) is 11.8 Å². The lowest BCUT2D eigenvalue weighted by Crippen LogP contribution is -2.14. The molecular weight excluding hydrogens is 156 g/mol. The predicted molar refractivity (Wildman–Crippen MR) is 54.0 cm³/mol. The van der Waals surface area contributed by atoms with Crippen molar-refractivity contribution in [2.75, 3.05) is 0 Å². The Labute approximate surface area is 80.7 Å². The van der Waals surface area contributed by atoms with Crippen LogP contribution in [0.1, 0.15) is 25.7 Å². The Morgan fingerprint density at radius 3 is 2.77 bits per heavy atom. The van der Waals surface area contributed by atoms with Crippen molar-refractivity contribution < 1.29 is 0 Å². The molecule has 0 bridgehead atoms. The van der Waals surface area contributed by atoms with Crippen LogP contribution >= 0.6 is 0 Å². The molecule has 0 aliphatic heterocycles. The fraction of sp³-hybridized carbons (Fsp3) is 0.308. The largest absolute Gasteiger partial charge is 0.0762 e. The maximum Gasteiger partial charge on any atom is 0.0161 e. The van der Waals surface area contributed by atoms with Gasteiger partial charge in [0.2, 0.25) is 0 Å². The number of allylic oxidation sites excluding steroid dienone is 4. The van der Waals surface area contributed by atoms with Crippen molar-refractivity contribution in [3.8, 4) is 0 Å². The van der Waals surface area contributed by atoms with Gasteiger partial charge in [-0.1, -0.05) is 37.1 Å². The van der Waals surface area contributed by atoms with E-state index in [4.69, 9.17) is 0 Å². The third-order valence-corrected chi connectivity index (χ3v) is 3.13. The number of rotatable bonds is 0. The van der Waals surface area contributed by atoms with E-state index in [9.17, 15) is 0 Å². The Kier molecular flexibility index (Phi) is 1.81. The fourth-order valence-electron chi connectivity index (χ4n) is 2.48. The zero-order chi connectivity index (χ0) is 8.67. The maximum atomic E-state index is 2.38. The van der Waals surface area contributed by atoms with Crippen LogP contribution in [0.5, 0.6) is 0 Å². The van der Waals surface area contributed by atoms with Crippen LogP contribution in [0.25, 0.3) is 0 Å². The Morgan fingerprint density at radius 1 is 0.923 bits per heavy atom. The van der Waals surface area contributed by atoms with E-state index in [1.807, 2.05) is 0 Å². The summed E-state index contributed by atoms with van der Waals surface area (Å²) in [6.07, 6.45) is 16.5. The SMILES string of the molecule is [CH]1[C]2C=CC=C[C]2[C]2CCCC[C]12. The van der Waals surface area contributed by atoms with Crippen LogP contribution in [-0.4, -0.2) is 0 Å². The van der Waals surface area contributed by atoms with Gasteiger partial charge in [-0.2, -0.15) is 0 Å². The van der Waals surface area contributed by atoms with E-state index in [0.29, 0.717) is 0 Å². The van der Waals surface area contributed by atoms with Gasteiger partial charge in [0.15, 0.2) is 0 Å². The molecule has 0 atom stereocenters. The Bertz CT molecular complexity index is 249. The number of hydrogen-bond acceptors (Lipinski definition) is 0. The highest BCUT2D eigenvalue weighted by atomic mass is 14.5. The number of fused-ring (bicyclic) bond motifs is 3. The van der Waals surface area contributed by atoms with Gasteiger partial charge in [-0.15, -0.1) is 0 Å². The summed E-state index contributed by atoms with van der Waals surface area (Å²) in [5, 5.41) is 0. The van der Waals surface area contributed by atoms with Gasteiger partial charge >= 0.3 is 0 Å². The van der Waals surface area contributed by atoms with Crippen LogP contribution in [0.4, 0.5) is 0 Å². The Hall–Kier alpha value is -0.520. The summed E-state index contributed by atoms with van der Waals surface area (Å²) in [6, 6.07) is 0. The number of hydrogen-bond donors (Lipinski definition) is 0. The molecule has 0 amide bonds. The second kappa shape index (κ2) is 3.01. The summed E-state index contributed by atoms with van der Waals surface area (Å²) < 4.78 is 0. The zero-order valence-corrected chi connectivity index (χ0v) is 7.72. The molecule has 0 aromatic carbocycles. The highest BCUT2D eigenvalue weighted by molar-refractivity contribution is 5.66. The molecule has 0 heteroatoms. The smallest absolute Gasteiger partial charge is 0.0161 e. The summed E-state index contributed by atoms with van der Waals surface area (Å²) >= 11 is 0. The van der Waals surface area contributed by atoms with Crippen LogP contribution in [0.15, 0.2) is 24.3 Å². The van der Waals surface area contributed by atoms with Crippen molar-refractivity contribution in [1.82, 2.24) is 0 Å². The lowest BCUT2D eigenvalue weighted by molar-refractivity contribution is 0.596. The highest BCUT2D eigenvalue weighted by Gasteiger charge is 2.43. The molecule has 2 saturated carbocycles. The predicted octanol–water partition coefficient (Wildman–Crippen LogP) is 3.20. The standard InChI is InChI=1S/C13H13/c1-3-7-12-10(5-1)9-11-6-2-4-8-13(11)12/h1,3,5,7,9H,2,4,6,8H2. The van der Waals surface area contributed by atoms with E-state index in [1.165, 1.54) is 37.5 Å². The molecule has 0 aromatic heterocycles. The van der Waals surface area contributed by atoms with Crippen molar-refractivity contribution in [3.05, 3.63) is 54.4 Å². The topological polar surface area (TPSA) is 0 Å². The molecule has 3 rings (SSSR count). The van der Waals surface area contributed by atoms with E-state index >= 15 is 0 Å². The van der Waals surface area contributed by atoms with Gasteiger partial charge in [-0.25, -0.2) is 0 Å². The van der Waals surface area contributed by atoms with Gasteiger partial charge in [0.25, 0.3) is 0 Å². The first kappa shape index (κ1) is 7.84. The molecule has 13 heavy (non-hydrogen) atoms. The van der Waals surface area contributed by atoms with Gasteiger partial charge in [-0.3, -0.25) is 0 Å². The van der Waals surface area contributed by atoms with Crippen LogP contribution < -0.4 is 0 Å². The fourth-order valence-corrected chi connectivity index (χ4v) is 2.48. The molecular formula is C13H13. The van der Waals surface area contributed by atoms with Gasteiger partial charge in [-0.05, 0) is 31.1 Å². The minimum Gasteiger partial charge on any atom is -0.0762 e. The molecule has 65 valence electrons. The Morgan fingerprint density at radius 2 is 1.77 bits per heavy atom. The maximum absolute atomic E-state index is 2.38. The van der Waals surface area contributed by atoms with Crippen LogP contribution in [-0.2, 0) is 0 Å². The average molecular weight is 169 g/mol. The summed E-state index contributed by atoms with van der Waals surface area (Å²) in [5.41, 5.74) is 0. The van der Waals surface area contributed by atoms with Crippen LogP contribution in [0.3, 0.4) is 0 Å². The second-order valence-electron chi connectivity index (χ2n) is 3.94. The molecule has 0 heterocycles. The van der Waals surface area contributed by atoms with E-state index in [1.54, 1.807) is 11.8 Å². The molecule has 2 fully saturated rings. The molecule has 0 unspecified atom stereocenters. The van der Waals surface area contributed by atoms with Crippen molar-refractivity contribution >= 4 is 0 Å². The molecule has 0 nitrogen and oxygen atoms in total. The summed E-state index contributed by atoms with van der Waals surface area (Å²) in [7, 11) is 0. The van der Waals surface area contributed by atoms with Crippen LogP contribution in [0, 0.1) is 30.1 Å². The molecule has 0 spiro atoms. The Balaban J connectivity index is 1.85. The third kappa shape index (κ3) is 1.19. The second-order valence-corrected chi connectivity index (χ2v) is 3.94. The minimum absolute atomic E-state index is 1.29. The summed E-state index contributed by atoms with van der Waals surface area (Å²) in [6.45, 7) is 0. The van der Waals surface area contributed by atoms with E-state index in [-0.39, 0.29) is 0 Å². The molecule has 0 aromatic rings. The van der Waals surface area contributed by atoms with Crippen molar-refractivity contribution in [3.63, 3.8) is 0 Å². The van der Waals surface area contributed by atoms with Gasteiger partial charge < -0.3 is 0 Å². The van der Waals surface area contributed by atoms with Gasteiger partial charge in [0.1, 0.15) is 0 Å². The summed E-state index contributed by atoms with van der Waals surface area (Å²) in [4.78, 5) is 0. The first-order chi connectivity index (χ1) is 6.45. The molecule has 3 aliphatic rings. The quantitative estimate of drug-likeness (QED) is 0.522. The van der Waals surface area contributed by atoms with Crippen molar-refractivity contribution in [2.24, 2.45) is 0 Å². The molecule has 5 radical (unpaired) electrons. The van der Waals surface area contributed by atoms with E-state index < -0.39 is 0 Å². The minimum atomic E-state index is 1.29. The van der Waals surface area contributed by atoms with E-state index in [2.05, 4.69) is 30.7 Å². The van der Waals surface area contributed by atoms with Gasteiger partial charge in [0.05, 0.1) is 0 Å². The summed E-state index contributed by atoms with van der Waals surface area (Å²) in [5.74, 6) is 6.17. The zero-order valence-electron chi connectivity index (χ0n) is 7.72. The molecule has 0 N–H and O–H groups in total.